The average Bonchev–Trinajstić information content (AvgIpc) is 2.95. The minimum absolute atomic E-state index is 0.184. The van der Waals surface area contributed by atoms with E-state index < -0.39 is 6.09 Å². The molecule has 0 aliphatic rings. The van der Waals surface area contributed by atoms with Gasteiger partial charge < -0.3 is 15.0 Å². The summed E-state index contributed by atoms with van der Waals surface area (Å²) in [6, 6.07) is 0. The molecule has 0 fully saturated rings. The molecular formula is C19H29N5O3. The third-order valence-electron chi connectivity index (χ3n) is 4.42. The Hall–Kier alpha value is -2.61. The Morgan fingerprint density at radius 3 is 2.67 bits per heavy atom. The van der Waals surface area contributed by atoms with E-state index in [-0.39, 0.29) is 12.3 Å². The minimum atomic E-state index is -0.812. The van der Waals surface area contributed by atoms with Crippen molar-refractivity contribution >= 4 is 22.9 Å². The summed E-state index contributed by atoms with van der Waals surface area (Å²) in [7, 11) is 0. The van der Waals surface area contributed by atoms with Gasteiger partial charge in [-0.05, 0) is 45.6 Å². The number of hydroxylamine groups is 2. The zero-order valence-corrected chi connectivity index (χ0v) is 16.6. The first-order valence-corrected chi connectivity index (χ1v) is 9.21. The summed E-state index contributed by atoms with van der Waals surface area (Å²) in [5.41, 5.74) is 9.82. The quantitative estimate of drug-likeness (QED) is 0.315. The minimum Gasteiger partial charge on any atom is -0.414 e. The number of aromatic nitrogens is 3. The summed E-state index contributed by atoms with van der Waals surface area (Å²) < 4.78 is 6.96. The van der Waals surface area contributed by atoms with Gasteiger partial charge in [-0.15, -0.1) is 0 Å². The molecule has 0 aromatic carbocycles. The van der Waals surface area contributed by atoms with Crippen LogP contribution >= 0.6 is 0 Å². The molecule has 3 N–H and O–H groups in total. The Balaban J connectivity index is 2.12. The molecule has 148 valence electrons. The van der Waals surface area contributed by atoms with Gasteiger partial charge in [0.25, 0.3) is 0 Å². The van der Waals surface area contributed by atoms with Crippen molar-refractivity contribution < 1.29 is 14.7 Å². The molecule has 0 radical (unpaired) electrons. The second-order valence-electron chi connectivity index (χ2n) is 6.73. The third-order valence-corrected chi connectivity index (χ3v) is 4.42. The average molecular weight is 375 g/mol. The Labute approximate surface area is 159 Å². The molecule has 27 heavy (non-hydrogen) atoms. The lowest BCUT2D eigenvalue weighted by molar-refractivity contribution is -0.0682. The summed E-state index contributed by atoms with van der Waals surface area (Å²) in [6.07, 6.45) is 2.40. The molecule has 2 aromatic rings. The maximum Gasteiger partial charge on any atom is 0.438 e. The maximum atomic E-state index is 11.6. The van der Waals surface area contributed by atoms with E-state index in [4.69, 9.17) is 15.5 Å². The van der Waals surface area contributed by atoms with E-state index in [0.29, 0.717) is 17.3 Å². The number of carbonyl (C=O) groups excluding carboxylic acids is 1. The summed E-state index contributed by atoms with van der Waals surface area (Å²) in [4.78, 5) is 20.7. The van der Waals surface area contributed by atoms with Crippen LogP contribution in [0.15, 0.2) is 12.3 Å². The van der Waals surface area contributed by atoms with Crippen molar-refractivity contribution in [1.82, 2.24) is 19.6 Å². The zero-order chi connectivity index (χ0) is 20.1. The second kappa shape index (κ2) is 8.85. The molecule has 0 saturated heterocycles. The SMILES string of the molecule is C=C(C)OC(=O)N(O)CCCCn1c(CCC)nc2c(N)nc(C)c(C)c21. The first-order chi connectivity index (χ1) is 12.8. The van der Waals surface area contributed by atoms with Crippen LogP contribution in [0.5, 0.6) is 0 Å². The largest absolute Gasteiger partial charge is 0.438 e. The summed E-state index contributed by atoms with van der Waals surface area (Å²) >= 11 is 0. The number of nitrogen functional groups attached to an aromatic ring is 1. The predicted molar refractivity (Wildman–Crippen MR) is 104 cm³/mol. The van der Waals surface area contributed by atoms with Crippen LogP contribution in [0.3, 0.4) is 0 Å². The molecule has 0 aliphatic heterocycles. The predicted octanol–water partition coefficient (Wildman–Crippen LogP) is 3.72. The smallest absolute Gasteiger partial charge is 0.414 e. The van der Waals surface area contributed by atoms with Gasteiger partial charge in [0, 0.05) is 18.7 Å². The van der Waals surface area contributed by atoms with Crippen molar-refractivity contribution in [3.05, 3.63) is 29.4 Å². The van der Waals surface area contributed by atoms with Gasteiger partial charge >= 0.3 is 6.09 Å². The molecule has 8 nitrogen and oxygen atoms in total. The first kappa shape index (κ1) is 20.7. The fourth-order valence-corrected chi connectivity index (χ4v) is 3.03. The molecule has 2 heterocycles. The third kappa shape index (κ3) is 4.77. The van der Waals surface area contributed by atoms with Gasteiger partial charge in [0.2, 0.25) is 0 Å². The second-order valence-corrected chi connectivity index (χ2v) is 6.73. The molecule has 0 spiro atoms. The van der Waals surface area contributed by atoms with E-state index in [0.717, 1.165) is 53.9 Å². The highest BCUT2D eigenvalue weighted by atomic mass is 16.6. The summed E-state index contributed by atoms with van der Waals surface area (Å²) in [5, 5.41) is 10.3. The van der Waals surface area contributed by atoms with Crippen LogP contribution < -0.4 is 5.73 Å². The normalized spacial score (nSPS) is 11.0. The van der Waals surface area contributed by atoms with E-state index in [1.807, 2.05) is 13.8 Å². The number of fused-ring (bicyclic) bond motifs is 1. The number of aryl methyl sites for hydroxylation is 4. The van der Waals surface area contributed by atoms with Crippen molar-refractivity contribution in [2.75, 3.05) is 12.3 Å². The molecule has 0 saturated carbocycles. The van der Waals surface area contributed by atoms with Gasteiger partial charge in [-0.25, -0.2) is 14.8 Å². The number of carbonyl (C=O) groups is 1. The van der Waals surface area contributed by atoms with Crippen molar-refractivity contribution in [3.8, 4) is 0 Å². The standard InChI is InChI=1S/C19H29N5O3/c1-6-9-15-22-16-17(13(4)14(5)21-18(16)20)23(15)10-7-8-11-24(26)19(25)27-12(2)3/h26H,2,6-11H2,1,3-5H3,(H2,20,21). The Bertz CT molecular complexity index is 844. The van der Waals surface area contributed by atoms with Crippen LogP contribution in [0, 0.1) is 13.8 Å². The number of ether oxygens (including phenoxy) is 1. The number of rotatable bonds is 8. The molecule has 1 amide bonds. The summed E-state index contributed by atoms with van der Waals surface area (Å²) in [6.45, 7) is 12.0. The monoisotopic (exact) mass is 375 g/mol. The molecule has 8 heteroatoms. The highest BCUT2D eigenvalue weighted by Crippen LogP contribution is 2.27. The number of imidazole rings is 1. The molecular weight excluding hydrogens is 346 g/mol. The Kier molecular flexibility index (Phi) is 6.79. The number of hydrogen-bond donors (Lipinski definition) is 2. The van der Waals surface area contributed by atoms with Crippen molar-refractivity contribution in [2.45, 2.75) is 59.9 Å². The highest BCUT2D eigenvalue weighted by molar-refractivity contribution is 5.88. The molecule has 2 aromatic heterocycles. The highest BCUT2D eigenvalue weighted by Gasteiger charge is 2.17. The van der Waals surface area contributed by atoms with Crippen LogP contribution in [0.25, 0.3) is 11.0 Å². The molecule has 2 rings (SSSR count). The maximum absolute atomic E-state index is 11.6. The topological polar surface area (TPSA) is 106 Å². The Morgan fingerprint density at radius 1 is 1.33 bits per heavy atom. The van der Waals surface area contributed by atoms with Crippen molar-refractivity contribution in [2.24, 2.45) is 0 Å². The van der Waals surface area contributed by atoms with Gasteiger partial charge in [-0.2, -0.15) is 5.06 Å². The van der Waals surface area contributed by atoms with E-state index in [9.17, 15) is 10.0 Å². The lowest BCUT2D eigenvalue weighted by Crippen LogP contribution is -2.28. The molecule has 0 aliphatic carbocycles. The van der Waals surface area contributed by atoms with Crippen LogP contribution in [-0.2, 0) is 17.7 Å². The van der Waals surface area contributed by atoms with Crippen molar-refractivity contribution in [3.63, 3.8) is 0 Å². The van der Waals surface area contributed by atoms with Crippen LogP contribution in [0.1, 0.15) is 50.2 Å². The fourth-order valence-electron chi connectivity index (χ4n) is 3.03. The van der Waals surface area contributed by atoms with E-state index >= 15 is 0 Å². The van der Waals surface area contributed by atoms with Gasteiger partial charge in [0.1, 0.15) is 11.3 Å². The van der Waals surface area contributed by atoms with E-state index in [2.05, 4.69) is 23.1 Å². The zero-order valence-electron chi connectivity index (χ0n) is 16.6. The number of pyridine rings is 1. The first-order valence-electron chi connectivity index (χ1n) is 9.21. The van der Waals surface area contributed by atoms with Gasteiger partial charge in [0.15, 0.2) is 5.82 Å². The van der Waals surface area contributed by atoms with Crippen LogP contribution in [-0.4, -0.2) is 37.4 Å². The lowest BCUT2D eigenvalue weighted by atomic mass is 10.2. The number of allylic oxidation sites excluding steroid dienone is 1. The van der Waals surface area contributed by atoms with Gasteiger partial charge in [0.05, 0.1) is 17.8 Å². The van der Waals surface area contributed by atoms with Crippen LogP contribution in [0.2, 0.25) is 0 Å². The number of nitrogens with two attached hydrogens (primary N) is 1. The van der Waals surface area contributed by atoms with E-state index in [1.165, 1.54) is 0 Å². The fraction of sp³-hybridized carbons (Fsp3) is 0.526. The van der Waals surface area contributed by atoms with Crippen molar-refractivity contribution in [1.29, 1.82) is 0 Å². The van der Waals surface area contributed by atoms with E-state index in [1.54, 1.807) is 6.92 Å². The Morgan fingerprint density at radius 2 is 2.04 bits per heavy atom. The molecule has 0 unspecified atom stereocenters. The number of hydrogen-bond acceptors (Lipinski definition) is 6. The number of amides is 1. The molecule has 0 bridgehead atoms. The molecule has 0 atom stereocenters. The lowest BCUT2D eigenvalue weighted by Gasteiger charge is -2.15. The summed E-state index contributed by atoms with van der Waals surface area (Å²) in [5.74, 6) is 1.68. The van der Waals surface area contributed by atoms with Crippen LogP contribution in [0.4, 0.5) is 10.6 Å². The van der Waals surface area contributed by atoms with Gasteiger partial charge in [-0.3, -0.25) is 5.21 Å². The number of nitrogens with zero attached hydrogens (tertiary/aromatic N) is 4. The number of anilines is 1. The number of unbranched alkanes of at least 4 members (excludes halogenated alkanes) is 1. The van der Waals surface area contributed by atoms with Gasteiger partial charge in [-0.1, -0.05) is 13.5 Å².